The highest BCUT2D eigenvalue weighted by Gasteiger charge is 2.25. The van der Waals surface area contributed by atoms with Crippen LogP contribution in [0.4, 0.5) is 0 Å². The van der Waals surface area contributed by atoms with Crippen molar-refractivity contribution in [1.82, 2.24) is 0 Å². The molecule has 10 heavy (non-hydrogen) atoms. The first-order valence-electron chi connectivity index (χ1n) is 3.63. The number of fused-ring (bicyclic) bond motifs is 1. The maximum Gasteiger partial charge on any atom is 0.173 e. The van der Waals surface area contributed by atoms with Crippen molar-refractivity contribution in [3.8, 4) is 11.5 Å². The molecular formula is C9H10O. The van der Waals surface area contributed by atoms with Crippen LogP contribution in [0, 0.1) is 6.92 Å². The summed E-state index contributed by atoms with van der Waals surface area (Å²) in [5, 5.41) is 0. The SMILES string of the molecule is CCc1ccc(C)c2c1O2. The average Bonchev–Trinajstić information content (AvgIpc) is 2.68. The summed E-state index contributed by atoms with van der Waals surface area (Å²) < 4.78 is 5.29. The van der Waals surface area contributed by atoms with Crippen molar-refractivity contribution in [2.75, 3.05) is 0 Å². The van der Waals surface area contributed by atoms with Crippen LogP contribution in [0.2, 0.25) is 0 Å². The second-order valence-corrected chi connectivity index (χ2v) is 2.66. The molecule has 52 valence electrons. The quantitative estimate of drug-likeness (QED) is 0.546. The third-order valence-corrected chi connectivity index (χ3v) is 1.93. The molecular weight excluding hydrogens is 124 g/mol. The van der Waals surface area contributed by atoms with E-state index in [4.69, 9.17) is 4.74 Å². The minimum Gasteiger partial charge on any atom is -0.449 e. The van der Waals surface area contributed by atoms with Crippen LogP contribution in [0.25, 0.3) is 0 Å². The van der Waals surface area contributed by atoms with Gasteiger partial charge in [0.25, 0.3) is 0 Å². The Balaban J connectivity index is 2.53. The molecule has 1 aliphatic rings. The van der Waals surface area contributed by atoms with Gasteiger partial charge >= 0.3 is 0 Å². The topological polar surface area (TPSA) is 12.5 Å². The van der Waals surface area contributed by atoms with Crippen molar-refractivity contribution in [1.29, 1.82) is 0 Å². The van der Waals surface area contributed by atoms with Crippen molar-refractivity contribution in [3.63, 3.8) is 0 Å². The van der Waals surface area contributed by atoms with Crippen LogP contribution in [0.1, 0.15) is 18.1 Å². The Morgan fingerprint density at radius 2 is 2.10 bits per heavy atom. The summed E-state index contributed by atoms with van der Waals surface area (Å²) in [6.07, 6.45) is 1.07. The maximum atomic E-state index is 5.29. The molecule has 1 aromatic rings. The molecule has 1 aliphatic heterocycles. The van der Waals surface area contributed by atoms with Crippen LogP contribution in [-0.2, 0) is 6.42 Å². The Morgan fingerprint density at radius 1 is 1.30 bits per heavy atom. The largest absolute Gasteiger partial charge is 0.449 e. The lowest BCUT2D eigenvalue weighted by Gasteiger charge is -1.88. The Hall–Kier alpha value is -0.980. The number of hydrogen-bond donors (Lipinski definition) is 0. The van der Waals surface area contributed by atoms with E-state index in [1.807, 2.05) is 0 Å². The minimum absolute atomic E-state index is 1.07. The zero-order valence-electron chi connectivity index (χ0n) is 6.27. The van der Waals surface area contributed by atoms with Crippen molar-refractivity contribution in [2.45, 2.75) is 20.3 Å². The standard InChI is InChI=1S/C9H10O/c1-3-7-5-4-6(2)8-9(7)10-8/h4-5H,3H2,1-2H3. The van der Waals surface area contributed by atoms with Gasteiger partial charge in [0.2, 0.25) is 0 Å². The van der Waals surface area contributed by atoms with Crippen LogP contribution in [-0.4, -0.2) is 0 Å². The van der Waals surface area contributed by atoms with Gasteiger partial charge in [0.05, 0.1) is 0 Å². The monoisotopic (exact) mass is 134 g/mol. The molecule has 0 aromatic heterocycles. The molecule has 0 atom stereocenters. The molecule has 0 spiro atoms. The summed E-state index contributed by atoms with van der Waals surface area (Å²) in [6.45, 7) is 4.22. The van der Waals surface area contributed by atoms with E-state index < -0.39 is 0 Å². The zero-order chi connectivity index (χ0) is 7.14. The molecule has 2 rings (SSSR count). The van der Waals surface area contributed by atoms with E-state index in [0.717, 1.165) is 17.9 Å². The van der Waals surface area contributed by atoms with Gasteiger partial charge in [0, 0.05) is 0 Å². The summed E-state index contributed by atoms with van der Waals surface area (Å²) in [5.41, 5.74) is 2.59. The molecule has 0 amide bonds. The van der Waals surface area contributed by atoms with Crippen LogP contribution >= 0.6 is 0 Å². The first-order valence-corrected chi connectivity index (χ1v) is 3.63. The first kappa shape index (κ1) is 5.78. The second kappa shape index (κ2) is 1.75. The number of benzene rings is 1. The summed E-state index contributed by atoms with van der Waals surface area (Å²) in [7, 11) is 0. The highest BCUT2D eigenvalue weighted by molar-refractivity contribution is 5.63. The first-order chi connectivity index (χ1) is 4.83. The summed E-state index contributed by atoms with van der Waals surface area (Å²) >= 11 is 0. The molecule has 0 saturated carbocycles. The van der Waals surface area contributed by atoms with E-state index in [9.17, 15) is 0 Å². The Labute approximate surface area is 60.6 Å². The van der Waals surface area contributed by atoms with Crippen molar-refractivity contribution >= 4 is 0 Å². The Kier molecular flexibility index (Phi) is 1.01. The molecule has 0 aliphatic carbocycles. The number of aryl methyl sites for hydroxylation is 2. The maximum absolute atomic E-state index is 5.29. The molecule has 0 unspecified atom stereocenters. The van der Waals surface area contributed by atoms with Crippen molar-refractivity contribution in [3.05, 3.63) is 23.3 Å². The van der Waals surface area contributed by atoms with Crippen LogP contribution in [0.5, 0.6) is 11.5 Å². The lowest BCUT2D eigenvalue weighted by Crippen LogP contribution is -1.72. The normalized spacial score (nSPS) is 12.2. The smallest absolute Gasteiger partial charge is 0.173 e. The molecule has 0 bridgehead atoms. The summed E-state index contributed by atoms with van der Waals surface area (Å²) in [5.74, 6) is 2.24. The lowest BCUT2D eigenvalue weighted by atomic mass is 10.1. The number of ether oxygens (including phenoxy) is 1. The predicted molar refractivity (Wildman–Crippen MR) is 40.6 cm³/mol. The van der Waals surface area contributed by atoms with E-state index in [1.54, 1.807) is 0 Å². The fraction of sp³-hybridized carbons (Fsp3) is 0.333. The second-order valence-electron chi connectivity index (χ2n) is 2.66. The third kappa shape index (κ3) is 0.635. The van der Waals surface area contributed by atoms with Gasteiger partial charge in [-0.15, -0.1) is 0 Å². The van der Waals surface area contributed by atoms with Crippen LogP contribution in [0.3, 0.4) is 0 Å². The highest BCUT2D eigenvalue weighted by Crippen LogP contribution is 2.50. The fourth-order valence-electron chi connectivity index (χ4n) is 1.20. The fourth-order valence-corrected chi connectivity index (χ4v) is 1.20. The molecule has 1 aromatic carbocycles. The van der Waals surface area contributed by atoms with Crippen LogP contribution < -0.4 is 4.74 Å². The summed E-state index contributed by atoms with van der Waals surface area (Å²) in [4.78, 5) is 0. The van der Waals surface area contributed by atoms with Gasteiger partial charge in [-0.1, -0.05) is 19.1 Å². The van der Waals surface area contributed by atoms with Crippen LogP contribution in [0.15, 0.2) is 12.1 Å². The summed E-state index contributed by atoms with van der Waals surface area (Å²) in [6, 6.07) is 4.26. The molecule has 0 saturated heterocycles. The average molecular weight is 134 g/mol. The van der Waals surface area contributed by atoms with Crippen molar-refractivity contribution < 1.29 is 4.74 Å². The minimum atomic E-state index is 1.07. The lowest BCUT2D eigenvalue weighted by molar-refractivity contribution is 0.641. The van der Waals surface area contributed by atoms with Gasteiger partial charge in [0.1, 0.15) is 0 Å². The zero-order valence-corrected chi connectivity index (χ0v) is 6.27. The molecule has 0 fully saturated rings. The Bertz CT molecular complexity index is 276. The molecule has 1 heterocycles. The van der Waals surface area contributed by atoms with Gasteiger partial charge in [-0.05, 0) is 24.5 Å². The highest BCUT2D eigenvalue weighted by atomic mass is 16.6. The van der Waals surface area contributed by atoms with Gasteiger partial charge < -0.3 is 4.74 Å². The van der Waals surface area contributed by atoms with Gasteiger partial charge in [0.15, 0.2) is 11.5 Å². The van der Waals surface area contributed by atoms with E-state index in [1.165, 1.54) is 11.1 Å². The predicted octanol–water partition coefficient (Wildman–Crippen LogP) is 2.66. The third-order valence-electron chi connectivity index (χ3n) is 1.93. The van der Waals surface area contributed by atoms with Gasteiger partial charge in [-0.2, -0.15) is 0 Å². The molecule has 0 N–H and O–H groups in total. The van der Waals surface area contributed by atoms with E-state index >= 15 is 0 Å². The van der Waals surface area contributed by atoms with E-state index in [2.05, 4.69) is 26.0 Å². The molecule has 1 heteroatoms. The van der Waals surface area contributed by atoms with Crippen molar-refractivity contribution in [2.24, 2.45) is 0 Å². The Morgan fingerprint density at radius 3 is 2.80 bits per heavy atom. The molecule has 0 radical (unpaired) electrons. The van der Waals surface area contributed by atoms with Gasteiger partial charge in [-0.25, -0.2) is 0 Å². The van der Waals surface area contributed by atoms with Gasteiger partial charge in [-0.3, -0.25) is 0 Å². The number of hydrogen-bond acceptors (Lipinski definition) is 1. The number of rotatable bonds is 1. The van der Waals surface area contributed by atoms with E-state index in [0.29, 0.717) is 0 Å². The molecule has 1 nitrogen and oxygen atoms in total. The van der Waals surface area contributed by atoms with E-state index in [-0.39, 0.29) is 0 Å².